The molecule has 0 bridgehead atoms. The first-order chi connectivity index (χ1) is 10.3. The fourth-order valence-corrected chi connectivity index (χ4v) is 2.85. The molecule has 1 unspecified atom stereocenters. The number of aliphatic hydroxyl groups excluding tert-OH is 1. The van der Waals surface area contributed by atoms with Gasteiger partial charge in [-0.15, -0.1) is 0 Å². The summed E-state index contributed by atoms with van der Waals surface area (Å²) in [5, 5.41) is 9.08. The zero-order valence-corrected chi connectivity index (χ0v) is 14.5. The number of allylic oxidation sites excluding steroid dienone is 2. The van der Waals surface area contributed by atoms with Crippen molar-refractivity contribution in [2.24, 2.45) is 5.92 Å². The van der Waals surface area contributed by atoms with Gasteiger partial charge in [0.1, 0.15) is 0 Å². The minimum atomic E-state index is 0.343. The highest BCUT2D eigenvalue weighted by Gasteiger charge is 2.06. The van der Waals surface area contributed by atoms with Gasteiger partial charge in [0.05, 0.1) is 0 Å². The fourth-order valence-electron chi connectivity index (χ4n) is 2.85. The van der Waals surface area contributed by atoms with E-state index in [2.05, 4.69) is 26.0 Å². The molecule has 0 aliphatic heterocycles. The van der Waals surface area contributed by atoms with Crippen LogP contribution in [0.15, 0.2) is 12.2 Å². The molecule has 21 heavy (non-hydrogen) atoms. The van der Waals surface area contributed by atoms with Gasteiger partial charge in [-0.2, -0.15) is 0 Å². The Morgan fingerprint density at radius 1 is 0.810 bits per heavy atom. The van der Waals surface area contributed by atoms with Crippen molar-refractivity contribution in [3.8, 4) is 0 Å². The number of unbranched alkanes of at least 4 members (excludes halogenated alkanes) is 8. The molecule has 1 heteroatoms. The van der Waals surface area contributed by atoms with Crippen LogP contribution in [0.3, 0.4) is 0 Å². The lowest BCUT2D eigenvalue weighted by Gasteiger charge is -2.14. The molecule has 0 aromatic rings. The highest BCUT2D eigenvalue weighted by molar-refractivity contribution is 4.81. The molecule has 0 saturated carbocycles. The molecule has 0 aliphatic carbocycles. The summed E-state index contributed by atoms with van der Waals surface area (Å²) in [5.74, 6) is 0.712. The molecule has 1 N–H and O–H groups in total. The molecular weight excluding hydrogens is 256 g/mol. The van der Waals surface area contributed by atoms with Crippen LogP contribution in [0.2, 0.25) is 0 Å². The molecule has 0 aliphatic rings. The largest absolute Gasteiger partial charge is 0.396 e. The van der Waals surface area contributed by atoms with E-state index in [9.17, 15) is 0 Å². The van der Waals surface area contributed by atoms with Gasteiger partial charge in [0.15, 0.2) is 0 Å². The number of hydrogen-bond donors (Lipinski definition) is 1. The summed E-state index contributed by atoms with van der Waals surface area (Å²) in [6.07, 6.45) is 22.5. The lowest BCUT2D eigenvalue weighted by atomic mass is 9.93. The summed E-state index contributed by atoms with van der Waals surface area (Å²) in [5.41, 5.74) is 0. The van der Waals surface area contributed by atoms with Crippen molar-refractivity contribution in [2.75, 3.05) is 6.61 Å². The third-order valence-electron chi connectivity index (χ3n) is 4.27. The molecule has 0 rings (SSSR count). The van der Waals surface area contributed by atoms with E-state index in [1.54, 1.807) is 0 Å². The van der Waals surface area contributed by atoms with E-state index in [0.717, 1.165) is 12.8 Å². The van der Waals surface area contributed by atoms with Gasteiger partial charge in [-0.3, -0.25) is 0 Å². The molecule has 1 nitrogen and oxygen atoms in total. The molecular formula is C20H39O. The molecule has 0 fully saturated rings. The average Bonchev–Trinajstić information content (AvgIpc) is 2.50. The smallest absolute Gasteiger partial charge is 0.0433 e. The number of rotatable bonds is 16. The van der Waals surface area contributed by atoms with Crippen LogP contribution in [-0.2, 0) is 0 Å². The van der Waals surface area contributed by atoms with Crippen LogP contribution < -0.4 is 0 Å². The summed E-state index contributed by atoms with van der Waals surface area (Å²) < 4.78 is 0. The average molecular weight is 296 g/mol. The normalized spacial score (nSPS) is 13.1. The molecule has 0 saturated heterocycles. The Bertz CT molecular complexity index is 210. The minimum Gasteiger partial charge on any atom is -0.396 e. The maximum Gasteiger partial charge on any atom is 0.0433 e. The summed E-state index contributed by atoms with van der Waals surface area (Å²) >= 11 is 0. The number of aliphatic hydroxyl groups is 1. The van der Waals surface area contributed by atoms with Gasteiger partial charge < -0.3 is 5.11 Å². The molecule has 0 spiro atoms. The molecule has 1 radical (unpaired) electrons. The van der Waals surface area contributed by atoms with Crippen LogP contribution in [0.25, 0.3) is 0 Å². The van der Waals surface area contributed by atoms with Crippen molar-refractivity contribution in [3.63, 3.8) is 0 Å². The van der Waals surface area contributed by atoms with Gasteiger partial charge >= 0.3 is 0 Å². The molecule has 0 aromatic heterocycles. The molecule has 125 valence electrons. The Labute approximate surface area is 134 Å². The van der Waals surface area contributed by atoms with Gasteiger partial charge in [-0.1, -0.05) is 83.8 Å². The van der Waals surface area contributed by atoms with Crippen LogP contribution in [0.4, 0.5) is 0 Å². The monoisotopic (exact) mass is 295 g/mol. The van der Waals surface area contributed by atoms with E-state index in [1.165, 1.54) is 77.0 Å². The second-order valence-corrected chi connectivity index (χ2v) is 6.33. The van der Waals surface area contributed by atoms with Gasteiger partial charge in [0.25, 0.3) is 0 Å². The molecule has 0 aromatic carbocycles. The molecule has 0 amide bonds. The van der Waals surface area contributed by atoms with E-state index in [0.29, 0.717) is 12.5 Å². The first-order valence-corrected chi connectivity index (χ1v) is 9.40. The van der Waals surface area contributed by atoms with Crippen molar-refractivity contribution in [2.45, 2.75) is 96.8 Å². The number of hydrogen-bond acceptors (Lipinski definition) is 1. The SMILES string of the molecule is [CH2]CCCC(CCO)CCC/C=C\CCCCCCCC. The minimum absolute atomic E-state index is 0.343. The fraction of sp³-hybridized carbons (Fsp3) is 0.850. The summed E-state index contributed by atoms with van der Waals surface area (Å²) in [6.45, 7) is 6.52. The molecule has 1 atom stereocenters. The van der Waals surface area contributed by atoms with Crippen LogP contribution in [0, 0.1) is 12.8 Å². The second kappa shape index (κ2) is 17.8. The van der Waals surface area contributed by atoms with Crippen molar-refractivity contribution < 1.29 is 5.11 Å². The maximum absolute atomic E-state index is 9.08. The first kappa shape index (κ1) is 20.7. The van der Waals surface area contributed by atoms with Gasteiger partial charge in [0, 0.05) is 6.61 Å². The second-order valence-electron chi connectivity index (χ2n) is 6.33. The van der Waals surface area contributed by atoms with Crippen LogP contribution in [0.1, 0.15) is 96.8 Å². The van der Waals surface area contributed by atoms with Crippen molar-refractivity contribution in [1.29, 1.82) is 0 Å². The van der Waals surface area contributed by atoms with E-state index >= 15 is 0 Å². The van der Waals surface area contributed by atoms with E-state index in [-0.39, 0.29) is 0 Å². The maximum atomic E-state index is 9.08. The predicted molar refractivity (Wildman–Crippen MR) is 95.4 cm³/mol. The van der Waals surface area contributed by atoms with Crippen molar-refractivity contribution >= 4 is 0 Å². The predicted octanol–water partition coefficient (Wildman–Crippen LogP) is 6.47. The Balaban J connectivity index is 3.39. The van der Waals surface area contributed by atoms with Gasteiger partial charge in [-0.25, -0.2) is 0 Å². The lowest BCUT2D eigenvalue weighted by Crippen LogP contribution is -2.03. The topological polar surface area (TPSA) is 20.2 Å². The van der Waals surface area contributed by atoms with Gasteiger partial charge in [-0.05, 0) is 38.0 Å². The van der Waals surface area contributed by atoms with Crippen LogP contribution in [-0.4, -0.2) is 11.7 Å². The third kappa shape index (κ3) is 15.9. The Hall–Kier alpha value is -0.300. The quantitative estimate of drug-likeness (QED) is 0.256. The standard InChI is InChI=1S/C20H39O/c1-3-5-7-8-9-10-11-12-13-14-15-17-20(18-19-21)16-6-4-2/h12-13,20-21H,2-11,14-19H2,1H3/b13-12-. The van der Waals surface area contributed by atoms with Crippen LogP contribution >= 0.6 is 0 Å². The van der Waals surface area contributed by atoms with E-state index < -0.39 is 0 Å². The zero-order chi connectivity index (χ0) is 15.6. The van der Waals surface area contributed by atoms with Crippen molar-refractivity contribution in [3.05, 3.63) is 19.1 Å². The highest BCUT2D eigenvalue weighted by Crippen LogP contribution is 2.19. The summed E-state index contributed by atoms with van der Waals surface area (Å²) in [4.78, 5) is 0. The Morgan fingerprint density at radius 3 is 2.10 bits per heavy atom. The lowest BCUT2D eigenvalue weighted by molar-refractivity contribution is 0.243. The van der Waals surface area contributed by atoms with Gasteiger partial charge in [0.2, 0.25) is 0 Å². The van der Waals surface area contributed by atoms with E-state index in [1.807, 2.05) is 0 Å². The third-order valence-corrected chi connectivity index (χ3v) is 4.27. The summed E-state index contributed by atoms with van der Waals surface area (Å²) in [7, 11) is 0. The summed E-state index contributed by atoms with van der Waals surface area (Å²) in [6, 6.07) is 0. The first-order valence-electron chi connectivity index (χ1n) is 9.40. The Kier molecular flexibility index (Phi) is 17.5. The molecule has 0 heterocycles. The Morgan fingerprint density at radius 2 is 1.43 bits per heavy atom. The van der Waals surface area contributed by atoms with E-state index in [4.69, 9.17) is 5.11 Å². The highest BCUT2D eigenvalue weighted by atomic mass is 16.3. The zero-order valence-electron chi connectivity index (χ0n) is 14.5. The van der Waals surface area contributed by atoms with Crippen molar-refractivity contribution in [1.82, 2.24) is 0 Å². The van der Waals surface area contributed by atoms with Crippen LogP contribution in [0.5, 0.6) is 0 Å².